The number of ketones is 1. The summed E-state index contributed by atoms with van der Waals surface area (Å²) in [5, 5.41) is 11.2. The fourth-order valence-electron chi connectivity index (χ4n) is 4.51. The molecular formula is C27H24N6O. The molecule has 7 heteroatoms. The Morgan fingerprint density at radius 3 is 1.44 bits per heavy atom. The van der Waals surface area contributed by atoms with Crippen molar-refractivity contribution in [1.82, 2.24) is 0 Å². The molecule has 0 aliphatic carbocycles. The summed E-state index contributed by atoms with van der Waals surface area (Å²) in [6.07, 6.45) is 0. The van der Waals surface area contributed by atoms with E-state index in [0.717, 1.165) is 21.9 Å². The van der Waals surface area contributed by atoms with E-state index in [2.05, 4.69) is 20.1 Å². The van der Waals surface area contributed by atoms with E-state index in [1.807, 2.05) is 88.4 Å². The van der Waals surface area contributed by atoms with Crippen molar-refractivity contribution >= 4 is 38.7 Å². The SMILES string of the molecule is CC(C)c1cc2ccccc2c(N=[N+]=[N-])c1C(=O)c1c(C(C)C)cc2ccccc2c1N=[N+]=[N-]. The average Bonchev–Trinajstić information content (AvgIpc) is 2.83. The first-order valence-electron chi connectivity index (χ1n) is 11.1. The van der Waals surface area contributed by atoms with Crippen molar-refractivity contribution in [3.05, 3.63) is 104 Å². The van der Waals surface area contributed by atoms with Gasteiger partial charge >= 0.3 is 0 Å². The molecule has 0 aliphatic rings. The van der Waals surface area contributed by atoms with Crippen LogP contribution in [0.5, 0.6) is 0 Å². The van der Waals surface area contributed by atoms with Crippen molar-refractivity contribution < 1.29 is 4.79 Å². The van der Waals surface area contributed by atoms with Crippen LogP contribution in [0.15, 0.2) is 70.9 Å². The number of carbonyl (C=O) groups excluding carboxylic acids is 1. The quantitative estimate of drug-likeness (QED) is 0.124. The van der Waals surface area contributed by atoms with Crippen LogP contribution in [0.1, 0.15) is 66.6 Å². The number of benzene rings is 4. The number of azide groups is 2. The normalized spacial score (nSPS) is 11.0. The van der Waals surface area contributed by atoms with E-state index in [0.29, 0.717) is 33.3 Å². The summed E-state index contributed by atoms with van der Waals surface area (Å²) in [7, 11) is 0. The lowest BCUT2D eigenvalue weighted by atomic mass is 9.83. The Kier molecular flexibility index (Phi) is 6.24. The van der Waals surface area contributed by atoms with Gasteiger partial charge in [-0.3, -0.25) is 4.79 Å². The second-order valence-electron chi connectivity index (χ2n) is 8.84. The first kappa shape index (κ1) is 22.9. The molecule has 34 heavy (non-hydrogen) atoms. The van der Waals surface area contributed by atoms with Gasteiger partial charge in [-0.15, -0.1) is 0 Å². The van der Waals surface area contributed by atoms with Crippen LogP contribution in [-0.4, -0.2) is 5.78 Å². The summed E-state index contributed by atoms with van der Waals surface area (Å²) < 4.78 is 0. The number of nitrogens with zero attached hydrogens (tertiary/aromatic N) is 6. The maximum absolute atomic E-state index is 14.4. The van der Waals surface area contributed by atoms with Gasteiger partial charge in [0.2, 0.25) is 0 Å². The fraction of sp³-hybridized carbons (Fsp3) is 0.222. The van der Waals surface area contributed by atoms with Crippen LogP contribution in [0.25, 0.3) is 42.4 Å². The molecule has 0 aliphatic heterocycles. The summed E-state index contributed by atoms with van der Waals surface area (Å²) in [6, 6.07) is 19.0. The molecule has 0 bridgehead atoms. The lowest BCUT2D eigenvalue weighted by Crippen LogP contribution is -2.12. The molecule has 0 unspecified atom stereocenters. The standard InChI is InChI=1S/C27H24N6O/c1-15(2)21-13-17-9-5-7-11-19(17)25(30-32-28)23(21)27(34)24-22(16(3)4)14-18-10-6-8-12-20(18)26(24)31-33-29/h5-16H,1-4H3. The largest absolute Gasteiger partial charge is 0.289 e. The van der Waals surface area contributed by atoms with Gasteiger partial charge in [-0.25, -0.2) is 0 Å². The molecule has 0 N–H and O–H groups in total. The lowest BCUT2D eigenvalue weighted by Gasteiger charge is -2.21. The van der Waals surface area contributed by atoms with E-state index >= 15 is 0 Å². The van der Waals surface area contributed by atoms with E-state index in [1.165, 1.54) is 0 Å². The Morgan fingerprint density at radius 1 is 0.706 bits per heavy atom. The van der Waals surface area contributed by atoms with E-state index in [4.69, 9.17) is 0 Å². The van der Waals surface area contributed by atoms with Crippen molar-refractivity contribution in [3.63, 3.8) is 0 Å². The summed E-state index contributed by atoms with van der Waals surface area (Å²) >= 11 is 0. The van der Waals surface area contributed by atoms with Gasteiger partial charge in [0, 0.05) is 21.0 Å². The summed E-state index contributed by atoms with van der Waals surface area (Å²) in [5.41, 5.74) is 21.6. The van der Waals surface area contributed by atoms with Crippen LogP contribution in [0.3, 0.4) is 0 Å². The topological polar surface area (TPSA) is 115 Å². The smallest absolute Gasteiger partial charge is 0.194 e. The molecule has 0 aromatic heterocycles. The summed E-state index contributed by atoms with van der Waals surface area (Å²) in [6.45, 7) is 8.00. The van der Waals surface area contributed by atoms with Gasteiger partial charge < -0.3 is 0 Å². The van der Waals surface area contributed by atoms with E-state index in [-0.39, 0.29) is 17.6 Å². The zero-order valence-electron chi connectivity index (χ0n) is 19.5. The first-order valence-corrected chi connectivity index (χ1v) is 11.1. The molecule has 4 aromatic rings. The maximum Gasteiger partial charge on any atom is 0.194 e. The molecule has 4 aromatic carbocycles. The summed E-state index contributed by atoms with van der Waals surface area (Å²) in [5.74, 6) is -0.335. The van der Waals surface area contributed by atoms with Crippen LogP contribution in [0.4, 0.5) is 11.4 Å². The van der Waals surface area contributed by atoms with Gasteiger partial charge in [-0.05, 0) is 55.6 Å². The van der Waals surface area contributed by atoms with Crippen molar-refractivity contribution in [1.29, 1.82) is 0 Å². The maximum atomic E-state index is 14.4. The number of hydrogen-bond donors (Lipinski definition) is 0. The highest BCUT2D eigenvalue weighted by molar-refractivity contribution is 6.22. The van der Waals surface area contributed by atoms with Crippen LogP contribution >= 0.6 is 0 Å². The van der Waals surface area contributed by atoms with Gasteiger partial charge in [0.15, 0.2) is 5.78 Å². The average molecular weight is 449 g/mol. The zero-order valence-corrected chi connectivity index (χ0v) is 19.5. The molecule has 168 valence electrons. The Morgan fingerprint density at radius 2 is 1.09 bits per heavy atom. The Bertz CT molecular complexity index is 1430. The van der Waals surface area contributed by atoms with Crippen LogP contribution in [0.2, 0.25) is 0 Å². The van der Waals surface area contributed by atoms with Gasteiger partial charge in [-0.2, -0.15) is 0 Å². The third kappa shape index (κ3) is 3.84. The van der Waals surface area contributed by atoms with Gasteiger partial charge in [0.25, 0.3) is 0 Å². The third-order valence-electron chi connectivity index (χ3n) is 6.09. The minimum absolute atomic E-state index is 0.0120. The second-order valence-corrected chi connectivity index (χ2v) is 8.84. The summed E-state index contributed by atoms with van der Waals surface area (Å²) in [4.78, 5) is 20.5. The minimum atomic E-state index is -0.311. The highest BCUT2D eigenvalue weighted by Crippen LogP contribution is 2.43. The van der Waals surface area contributed by atoms with E-state index in [1.54, 1.807) is 0 Å². The molecular weight excluding hydrogens is 424 g/mol. The van der Waals surface area contributed by atoms with Crippen molar-refractivity contribution in [2.45, 2.75) is 39.5 Å². The highest BCUT2D eigenvalue weighted by atomic mass is 16.1. The molecule has 0 radical (unpaired) electrons. The monoisotopic (exact) mass is 448 g/mol. The van der Waals surface area contributed by atoms with Gasteiger partial charge in [0.1, 0.15) is 0 Å². The molecule has 0 atom stereocenters. The number of rotatable bonds is 6. The van der Waals surface area contributed by atoms with Crippen molar-refractivity contribution in [2.24, 2.45) is 10.2 Å². The highest BCUT2D eigenvalue weighted by Gasteiger charge is 2.27. The molecule has 4 rings (SSSR count). The lowest BCUT2D eigenvalue weighted by molar-refractivity contribution is 0.103. The molecule has 0 spiro atoms. The molecule has 0 amide bonds. The molecule has 7 nitrogen and oxygen atoms in total. The fourth-order valence-corrected chi connectivity index (χ4v) is 4.51. The van der Waals surface area contributed by atoms with Crippen LogP contribution < -0.4 is 0 Å². The van der Waals surface area contributed by atoms with Gasteiger partial charge in [0.05, 0.1) is 11.4 Å². The van der Waals surface area contributed by atoms with Crippen LogP contribution in [0, 0.1) is 0 Å². The molecule has 0 saturated carbocycles. The first-order chi connectivity index (χ1) is 16.4. The minimum Gasteiger partial charge on any atom is -0.289 e. The predicted octanol–water partition coefficient (Wildman–Crippen LogP) is 9.35. The Labute approximate surface area is 197 Å². The van der Waals surface area contributed by atoms with Crippen molar-refractivity contribution in [3.8, 4) is 0 Å². The van der Waals surface area contributed by atoms with E-state index in [9.17, 15) is 15.9 Å². The molecule has 0 heterocycles. The van der Waals surface area contributed by atoms with Gasteiger partial charge in [-0.1, -0.05) is 98.6 Å². The van der Waals surface area contributed by atoms with Crippen molar-refractivity contribution in [2.75, 3.05) is 0 Å². The Balaban J connectivity index is 2.19. The third-order valence-corrected chi connectivity index (χ3v) is 6.09. The number of carbonyl (C=O) groups is 1. The van der Waals surface area contributed by atoms with E-state index < -0.39 is 0 Å². The second kappa shape index (κ2) is 9.28. The zero-order chi connectivity index (χ0) is 24.4. The van der Waals surface area contributed by atoms with Crippen LogP contribution in [-0.2, 0) is 0 Å². The Hall–Kier alpha value is -4.31. The number of fused-ring (bicyclic) bond motifs is 2. The predicted molar refractivity (Wildman–Crippen MR) is 137 cm³/mol. The molecule has 0 fully saturated rings. The molecule has 0 saturated heterocycles. The number of hydrogen-bond acceptors (Lipinski definition) is 3.